The lowest BCUT2D eigenvalue weighted by molar-refractivity contribution is -0.150. The van der Waals surface area contributed by atoms with Crippen LogP contribution in [0, 0.1) is 5.92 Å². The zero-order valence-electron chi connectivity index (χ0n) is 11.8. The van der Waals surface area contributed by atoms with Crippen molar-refractivity contribution in [2.75, 3.05) is 19.7 Å². The van der Waals surface area contributed by atoms with E-state index in [2.05, 4.69) is 21.4 Å². The van der Waals surface area contributed by atoms with Gasteiger partial charge in [-0.15, -0.1) is 0 Å². The molecule has 0 aliphatic carbocycles. The summed E-state index contributed by atoms with van der Waals surface area (Å²) in [6, 6.07) is 0. The van der Waals surface area contributed by atoms with Crippen molar-refractivity contribution in [1.82, 2.24) is 14.5 Å². The summed E-state index contributed by atoms with van der Waals surface area (Å²) in [5.74, 6) is 1.05. The van der Waals surface area contributed by atoms with E-state index < -0.39 is 0 Å². The maximum atomic E-state index is 11.8. The van der Waals surface area contributed by atoms with Crippen molar-refractivity contribution in [2.24, 2.45) is 5.92 Å². The Bertz CT molecular complexity index is 417. The second-order valence-corrected chi connectivity index (χ2v) is 4.96. The van der Waals surface area contributed by atoms with Gasteiger partial charge in [0.1, 0.15) is 5.82 Å². The number of ether oxygens (including phenoxy) is 1. The third kappa shape index (κ3) is 3.56. The highest BCUT2D eigenvalue weighted by atomic mass is 16.5. The molecule has 1 fully saturated rings. The molecule has 0 spiro atoms. The Hall–Kier alpha value is -1.36. The number of carbonyl (C=O) groups is 1. The van der Waals surface area contributed by atoms with E-state index in [4.69, 9.17) is 4.74 Å². The Morgan fingerprint density at radius 1 is 1.53 bits per heavy atom. The number of piperidine rings is 1. The van der Waals surface area contributed by atoms with Crippen molar-refractivity contribution >= 4 is 5.97 Å². The third-order valence-electron chi connectivity index (χ3n) is 3.63. The Morgan fingerprint density at radius 2 is 2.37 bits per heavy atom. The molecule has 0 radical (unpaired) electrons. The minimum atomic E-state index is -0.0500. The number of imidazole rings is 1. The highest BCUT2D eigenvalue weighted by Crippen LogP contribution is 2.19. The van der Waals surface area contributed by atoms with E-state index >= 15 is 0 Å². The van der Waals surface area contributed by atoms with E-state index in [0.717, 1.165) is 44.8 Å². The summed E-state index contributed by atoms with van der Waals surface area (Å²) in [5, 5.41) is 0. The molecule has 5 nitrogen and oxygen atoms in total. The Kier molecular flexibility index (Phi) is 4.96. The van der Waals surface area contributed by atoms with Crippen LogP contribution in [0.5, 0.6) is 0 Å². The van der Waals surface area contributed by atoms with Crippen LogP contribution in [-0.4, -0.2) is 40.1 Å². The Morgan fingerprint density at radius 3 is 3.11 bits per heavy atom. The van der Waals surface area contributed by atoms with Crippen LogP contribution in [0.4, 0.5) is 0 Å². The Labute approximate surface area is 114 Å². The number of carbonyl (C=O) groups excluding carboxylic acids is 1. The van der Waals surface area contributed by atoms with Crippen LogP contribution in [0.2, 0.25) is 0 Å². The second-order valence-electron chi connectivity index (χ2n) is 4.96. The number of hydrogen-bond donors (Lipinski definition) is 0. The monoisotopic (exact) mass is 265 g/mol. The van der Waals surface area contributed by atoms with Crippen LogP contribution in [-0.2, 0) is 22.6 Å². The van der Waals surface area contributed by atoms with Gasteiger partial charge in [0.05, 0.1) is 19.1 Å². The summed E-state index contributed by atoms with van der Waals surface area (Å²) in [5.41, 5.74) is 0. The fourth-order valence-electron chi connectivity index (χ4n) is 2.63. The maximum Gasteiger partial charge on any atom is 0.310 e. The highest BCUT2D eigenvalue weighted by molar-refractivity contribution is 5.72. The number of rotatable bonds is 5. The number of esters is 1. The SMILES string of the molecule is CCOC(=O)[C@H]1CCCN(Cc2nccn2CC)C1. The molecule has 5 heteroatoms. The fourth-order valence-corrected chi connectivity index (χ4v) is 2.63. The molecule has 1 atom stereocenters. The average molecular weight is 265 g/mol. The number of nitrogens with zero attached hydrogens (tertiary/aromatic N) is 3. The van der Waals surface area contributed by atoms with Crippen molar-refractivity contribution in [3.63, 3.8) is 0 Å². The van der Waals surface area contributed by atoms with Crippen LogP contribution in [0.25, 0.3) is 0 Å². The van der Waals surface area contributed by atoms with Gasteiger partial charge in [0.15, 0.2) is 0 Å². The Balaban J connectivity index is 1.92. The molecule has 106 valence electrons. The third-order valence-corrected chi connectivity index (χ3v) is 3.63. The molecule has 1 aliphatic heterocycles. The summed E-state index contributed by atoms with van der Waals surface area (Å²) >= 11 is 0. The van der Waals surface area contributed by atoms with Crippen molar-refractivity contribution in [1.29, 1.82) is 0 Å². The molecule has 1 aromatic heterocycles. The van der Waals surface area contributed by atoms with Crippen LogP contribution < -0.4 is 0 Å². The van der Waals surface area contributed by atoms with Crippen LogP contribution in [0.3, 0.4) is 0 Å². The summed E-state index contributed by atoms with van der Waals surface area (Å²) in [6.07, 6.45) is 5.83. The van der Waals surface area contributed by atoms with Crippen LogP contribution in [0.1, 0.15) is 32.5 Å². The van der Waals surface area contributed by atoms with Gasteiger partial charge in [0.25, 0.3) is 0 Å². The first kappa shape index (κ1) is 14.1. The molecule has 1 saturated heterocycles. The summed E-state index contributed by atoms with van der Waals surface area (Å²) < 4.78 is 7.27. The molecule has 0 bridgehead atoms. The van der Waals surface area contributed by atoms with Gasteiger partial charge in [0.2, 0.25) is 0 Å². The lowest BCUT2D eigenvalue weighted by Gasteiger charge is -2.31. The average Bonchev–Trinajstić information content (AvgIpc) is 2.86. The standard InChI is InChI=1S/C14H23N3O2/c1-3-17-9-7-15-13(17)11-16-8-5-6-12(10-16)14(18)19-4-2/h7,9,12H,3-6,8,10-11H2,1-2H3/t12-/m0/s1. The van der Waals surface area contributed by atoms with E-state index in [-0.39, 0.29) is 11.9 Å². The van der Waals surface area contributed by atoms with Gasteiger partial charge in [0, 0.05) is 25.5 Å². The quantitative estimate of drug-likeness (QED) is 0.760. The van der Waals surface area contributed by atoms with Gasteiger partial charge < -0.3 is 9.30 Å². The lowest BCUT2D eigenvalue weighted by Crippen LogP contribution is -2.39. The molecule has 0 aromatic carbocycles. The minimum absolute atomic E-state index is 0.0266. The number of aromatic nitrogens is 2. The molecule has 1 aromatic rings. The smallest absolute Gasteiger partial charge is 0.310 e. The first-order chi connectivity index (χ1) is 9.24. The van der Waals surface area contributed by atoms with Crippen LogP contribution in [0.15, 0.2) is 12.4 Å². The highest BCUT2D eigenvalue weighted by Gasteiger charge is 2.27. The van der Waals surface area contributed by atoms with Gasteiger partial charge in [-0.05, 0) is 33.2 Å². The second kappa shape index (κ2) is 6.70. The predicted octanol–water partition coefficient (Wildman–Crippen LogP) is 1.68. The molecule has 0 saturated carbocycles. The molecule has 2 rings (SSSR count). The van der Waals surface area contributed by atoms with E-state index in [1.807, 2.05) is 19.3 Å². The predicted molar refractivity (Wildman–Crippen MR) is 72.5 cm³/mol. The summed E-state index contributed by atoms with van der Waals surface area (Å²) in [6.45, 7) is 8.01. The molecule has 0 unspecified atom stereocenters. The molecule has 0 N–H and O–H groups in total. The zero-order chi connectivity index (χ0) is 13.7. The van der Waals surface area contributed by atoms with Crippen molar-refractivity contribution in [3.8, 4) is 0 Å². The van der Waals surface area contributed by atoms with Gasteiger partial charge >= 0.3 is 5.97 Å². The van der Waals surface area contributed by atoms with E-state index in [1.165, 1.54) is 0 Å². The summed E-state index contributed by atoms with van der Waals surface area (Å²) in [4.78, 5) is 18.5. The van der Waals surface area contributed by atoms with Crippen molar-refractivity contribution in [2.45, 2.75) is 39.8 Å². The molecular formula is C14H23N3O2. The van der Waals surface area contributed by atoms with Gasteiger partial charge in [-0.1, -0.05) is 0 Å². The minimum Gasteiger partial charge on any atom is -0.466 e. The maximum absolute atomic E-state index is 11.8. The zero-order valence-corrected chi connectivity index (χ0v) is 11.8. The van der Waals surface area contributed by atoms with Crippen molar-refractivity contribution in [3.05, 3.63) is 18.2 Å². The van der Waals surface area contributed by atoms with Gasteiger partial charge in [-0.3, -0.25) is 9.69 Å². The number of likely N-dealkylation sites (tertiary alicyclic amines) is 1. The summed E-state index contributed by atoms with van der Waals surface area (Å²) in [7, 11) is 0. The normalized spacial score (nSPS) is 20.4. The van der Waals surface area contributed by atoms with E-state index in [1.54, 1.807) is 0 Å². The van der Waals surface area contributed by atoms with Crippen molar-refractivity contribution < 1.29 is 9.53 Å². The first-order valence-electron chi connectivity index (χ1n) is 7.13. The van der Waals surface area contributed by atoms with E-state index in [9.17, 15) is 4.79 Å². The molecule has 2 heterocycles. The number of aryl methyl sites for hydroxylation is 1. The largest absolute Gasteiger partial charge is 0.466 e. The topological polar surface area (TPSA) is 47.4 Å². The van der Waals surface area contributed by atoms with E-state index in [0.29, 0.717) is 6.61 Å². The van der Waals surface area contributed by atoms with Gasteiger partial charge in [-0.25, -0.2) is 4.98 Å². The fraction of sp³-hybridized carbons (Fsp3) is 0.714. The molecule has 0 amide bonds. The van der Waals surface area contributed by atoms with Gasteiger partial charge in [-0.2, -0.15) is 0 Å². The first-order valence-corrected chi connectivity index (χ1v) is 7.13. The molecule has 19 heavy (non-hydrogen) atoms. The number of hydrogen-bond acceptors (Lipinski definition) is 4. The van der Waals surface area contributed by atoms with Crippen LogP contribution >= 0.6 is 0 Å². The molecule has 1 aliphatic rings. The lowest BCUT2D eigenvalue weighted by atomic mass is 9.98. The molecular weight excluding hydrogens is 242 g/mol.